The molecule has 0 saturated heterocycles. The first-order valence-electron chi connectivity index (χ1n) is 11.8. The first-order chi connectivity index (χ1) is 17.2. The molecule has 1 aromatic carbocycles. The van der Waals surface area contributed by atoms with Crippen LogP contribution in [-0.2, 0) is 42.7 Å². The lowest BCUT2D eigenvalue weighted by Crippen LogP contribution is -2.15. The number of esters is 1. The summed E-state index contributed by atoms with van der Waals surface area (Å²) in [7, 11) is 0. The zero-order valence-electron chi connectivity index (χ0n) is 20.8. The fourth-order valence-electron chi connectivity index (χ4n) is 2.49. The Balaban J connectivity index is 1.67. The molecule has 2 N–H and O–H groups in total. The molecule has 0 aliphatic heterocycles. The smallest absolute Gasteiger partial charge is 0.302 e. The fraction of sp³-hybridized carbons (Fsp3) is 0.708. The number of ether oxygens (including phenoxy) is 9. The number of hydrogen-bond acceptors (Lipinski definition) is 11. The highest BCUT2D eigenvalue weighted by Gasteiger charge is 1.98. The molecule has 0 atom stereocenters. The van der Waals surface area contributed by atoms with Gasteiger partial charge in [-0.15, -0.1) is 0 Å². The molecule has 0 aromatic heterocycles. The second kappa shape index (κ2) is 23.7. The van der Waals surface area contributed by atoms with Crippen LogP contribution in [0.4, 0.5) is 5.69 Å². The van der Waals surface area contributed by atoms with Gasteiger partial charge in [0.1, 0.15) is 19.0 Å². The van der Waals surface area contributed by atoms with Gasteiger partial charge in [-0.3, -0.25) is 4.79 Å². The molecule has 0 amide bonds. The molecule has 0 saturated carbocycles. The minimum absolute atomic E-state index is 0.260. The molecular weight excluding hydrogens is 462 g/mol. The first kappa shape index (κ1) is 31.0. The third-order valence-electron chi connectivity index (χ3n) is 4.17. The quantitative estimate of drug-likeness (QED) is 0.118. The van der Waals surface area contributed by atoms with E-state index in [0.29, 0.717) is 111 Å². The van der Waals surface area contributed by atoms with E-state index in [-0.39, 0.29) is 12.6 Å². The Bertz CT molecular complexity index is 620. The number of benzene rings is 1. The molecule has 0 aliphatic carbocycles. The summed E-state index contributed by atoms with van der Waals surface area (Å²) in [5.41, 5.74) is 6.41. The van der Waals surface area contributed by atoms with Crippen LogP contribution in [0.1, 0.15) is 6.92 Å². The average molecular weight is 504 g/mol. The van der Waals surface area contributed by atoms with Gasteiger partial charge >= 0.3 is 5.97 Å². The van der Waals surface area contributed by atoms with Crippen LogP contribution in [0, 0.1) is 0 Å². The normalized spacial score (nSPS) is 11.0. The minimum Gasteiger partial charge on any atom is -0.489 e. The van der Waals surface area contributed by atoms with Crippen molar-refractivity contribution in [2.75, 3.05) is 111 Å². The molecular formula is C24H41NO10. The van der Waals surface area contributed by atoms with Gasteiger partial charge in [-0.2, -0.15) is 0 Å². The predicted octanol–water partition coefficient (Wildman–Crippen LogP) is 1.33. The van der Waals surface area contributed by atoms with Gasteiger partial charge in [-0.25, -0.2) is 0 Å². The van der Waals surface area contributed by atoms with Gasteiger partial charge in [0.2, 0.25) is 0 Å². The highest BCUT2D eigenvalue weighted by molar-refractivity contribution is 5.65. The monoisotopic (exact) mass is 503 g/mol. The fourth-order valence-corrected chi connectivity index (χ4v) is 2.49. The number of carbonyl (C=O) groups is 1. The van der Waals surface area contributed by atoms with Crippen LogP contribution in [0.5, 0.6) is 5.75 Å². The number of anilines is 1. The Morgan fingerprint density at radius 2 is 0.914 bits per heavy atom. The van der Waals surface area contributed by atoms with Gasteiger partial charge in [-0.05, 0) is 12.1 Å². The molecule has 0 unspecified atom stereocenters. The van der Waals surface area contributed by atoms with Crippen molar-refractivity contribution in [3.05, 3.63) is 24.3 Å². The number of hydrogen-bond donors (Lipinski definition) is 1. The largest absolute Gasteiger partial charge is 0.489 e. The molecule has 0 aliphatic rings. The molecule has 0 bridgehead atoms. The van der Waals surface area contributed by atoms with Crippen LogP contribution in [0.15, 0.2) is 24.3 Å². The zero-order valence-corrected chi connectivity index (χ0v) is 20.8. The highest BCUT2D eigenvalue weighted by atomic mass is 16.6. The van der Waals surface area contributed by atoms with E-state index in [9.17, 15) is 4.79 Å². The van der Waals surface area contributed by atoms with Crippen LogP contribution in [-0.4, -0.2) is 112 Å². The summed E-state index contributed by atoms with van der Waals surface area (Å²) < 4.78 is 48.0. The summed E-state index contributed by atoms with van der Waals surface area (Å²) in [5.74, 6) is 0.357. The molecule has 11 heteroatoms. The topological polar surface area (TPSA) is 126 Å². The SMILES string of the molecule is CC(=O)OCCOCCOCCOCCOCCOCCOCCOCCOc1ccccc1N. The van der Waals surface area contributed by atoms with Crippen molar-refractivity contribution in [1.29, 1.82) is 0 Å². The Kier molecular flexibility index (Phi) is 21.1. The van der Waals surface area contributed by atoms with E-state index in [1.165, 1.54) is 6.92 Å². The highest BCUT2D eigenvalue weighted by Crippen LogP contribution is 2.19. The van der Waals surface area contributed by atoms with E-state index >= 15 is 0 Å². The van der Waals surface area contributed by atoms with Crippen molar-refractivity contribution in [1.82, 2.24) is 0 Å². The van der Waals surface area contributed by atoms with Gasteiger partial charge in [0.05, 0.1) is 98.2 Å². The lowest BCUT2D eigenvalue weighted by Gasteiger charge is -2.09. The van der Waals surface area contributed by atoms with Crippen molar-refractivity contribution in [3.63, 3.8) is 0 Å². The maximum absolute atomic E-state index is 10.6. The van der Waals surface area contributed by atoms with Crippen molar-refractivity contribution in [2.24, 2.45) is 0 Å². The Morgan fingerprint density at radius 3 is 1.29 bits per heavy atom. The van der Waals surface area contributed by atoms with Gasteiger partial charge in [0.15, 0.2) is 0 Å². The number of rotatable bonds is 25. The van der Waals surface area contributed by atoms with Crippen molar-refractivity contribution in [3.8, 4) is 5.75 Å². The number of carbonyl (C=O) groups excluding carboxylic acids is 1. The van der Waals surface area contributed by atoms with Gasteiger partial charge < -0.3 is 48.4 Å². The first-order valence-corrected chi connectivity index (χ1v) is 11.8. The third-order valence-corrected chi connectivity index (χ3v) is 4.17. The van der Waals surface area contributed by atoms with Crippen molar-refractivity contribution >= 4 is 11.7 Å². The Hall–Kier alpha value is -1.99. The lowest BCUT2D eigenvalue weighted by molar-refractivity contribution is -0.142. The van der Waals surface area contributed by atoms with E-state index in [4.69, 9.17) is 48.4 Å². The summed E-state index contributed by atoms with van der Waals surface area (Å²) >= 11 is 0. The zero-order chi connectivity index (χ0) is 25.2. The van der Waals surface area contributed by atoms with E-state index in [2.05, 4.69) is 0 Å². The molecule has 35 heavy (non-hydrogen) atoms. The Morgan fingerprint density at radius 1 is 0.571 bits per heavy atom. The van der Waals surface area contributed by atoms with E-state index < -0.39 is 0 Å². The molecule has 11 nitrogen and oxygen atoms in total. The summed E-state index contributed by atoms with van der Waals surface area (Å²) in [5, 5.41) is 0. The van der Waals surface area contributed by atoms with Crippen LogP contribution < -0.4 is 10.5 Å². The maximum Gasteiger partial charge on any atom is 0.302 e. The number of para-hydroxylation sites is 2. The van der Waals surface area contributed by atoms with Crippen LogP contribution in [0.3, 0.4) is 0 Å². The van der Waals surface area contributed by atoms with Crippen LogP contribution in [0.2, 0.25) is 0 Å². The minimum atomic E-state index is -0.310. The molecule has 0 fully saturated rings. The third kappa shape index (κ3) is 21.0. The maximum atomic E-state index is 10.6. The summed E-state index contributed by atoms with van der Waals surface area (Å²) in [6.07, 6.45) is 0. The lowest BCUT2D eigenvalue weighted by atomic mass is 10.3. The van der Waals surface area contributed by atoms with E-state index in [1.807, 2.05) is 18.2 Å². The molecule has 1 aromatic rings. The van der Waals surface area contributed by atoms with Crippen molar-refractivity contribution < 1.29 is 47.4 Å². The van der Waals surface area contributed by atoms with E-state index in [1.54, 1.807) is 6.07 Å². The molecule has 0 spiro atoms. The predicted molar refractivity (Wildman–Crippen MR) is 129 cm³/mol. The van der Waals surface area contributed by atoms with Crippen LogP contribution in [0.25, 0.3) is 0 Å². The van der Waals surface area contributed by atoms with Crippen LogP contribution >= 0.6 is 0 Å². The summed E-state index contributed by atoms with van der Waals surface area (Å²) in [6, 6.07) is 7.36. The number of nitrogen functional groups attached to an aromatic ring is 1. The second-order valence-corrected chi connectivity index (χ2v) is 7.01. The molecule has 1 rings (SSSR count). The van der Waals surface area contributed by atoms with Gasteiger partial charge in [0, 0.05) is 6.92 Å². The number of nitrogens with two attached hydrogens (primary N) is 1. The van der Waals surface area contributed by atoms with Crippen molar-refractivity contribution in [2.45, 2.75) is 6.92 Å². The standard InChI is InChI=1S/C24H41NO10/c1-22(26)34-20-18-32-16-14-30-12-10-28-8-6-27-7-9-29-11-13-31-15-17-33-19-21-35-24-5-3-2-4-23(24)25/h2-5H,6-21,25H2,1H3. The molecule has 0 radical (unpaired) electrons. The second-order valence-electron chi connectivity index (χ2n) is 7.01. The molecule has 202 valence electrons. The summed E-state index contributed by atoms with van der Waals surface area (Å²) in [4.78, 5) is 10.6. The van der Waals surface area contributed by atoms with E-state index in [0.717, 1.165) is 0 Å². The molecule has 0 heterocycles. The van der Waals surface area contributed by atoms with Gasteiger partial charge in [0.25, 0.3) is 0 Å². The summed E-state index contributed by atoms with van der Waals surface area (Å²) in [6.45, 7) is 8.77. The Labute approximate surface area is 208 Å². The average Bonchev–Trinajstić information content (AvgIpc) is 2.85. The van der Waals surface area contributed by atoms with Gasteiger partial charge in [-0.1, -0.05) is 12.1 Å².